The van der Waals surface area contributed by atoms with E-state index in [2.05, 4.69) is 14.9 Å². The van der Waals surface area contributed by atoms with Crippen molar-refractivity contribution < 1.29 is 14.0 Å². The summed E-state index contributed by atoms with van der Waals surface area (Å²) >= 11 is 1.08. The minimum absolute atomic E-state index is 0.176. The number of anilines is 1. The maximum atomic E-state index is 13.5. The predicted molar refractivity (Wildman–Crippen MR) is 112 cm³/mol. The number of hydrogen-bond donors (Lipinski definition) is 1. The van der Waals surface area contributed by atoms with Crippen LogP contribution in [0, 0.1) is 13.8 Å². The third kappa shape index (κ3) is 4.71. The van der Waals surface area contributed by atoms with Crippen LogP contribution in [-0.2, 0) is 4.79 Å². The molecule has 0 bridgehead atoms. The first-order valence-electron chi connectivity index (χ1n) is 9.22. The zero-order chi connectivity index (χ0) is 21.2. The second-order valence-electron chi connectivity index (χ2n) is 7.84. The Morgan fingerprint density at radius 1 is 1.14 bits per heavy atom. The first-order valence-corrected chi connectivity index (χ1v) is 10.1. The molecule has 0 unspecified atom stereocenters. The first kappa shape index (κ1) is 20.7. The van der Waals surface area contributed by atoms with Crippen molar-refractivity contribution in [3.05, 3.63) is 64.6 Å². The van der Waals surface area contributed by atoms with Gasteiger partial charge in [-0.2, -0.15) is 0 Å². The van der Waals surface area contributed by atoms with Crippen molar-refractivity contribution in [1.82, 2.24) is 14.9 Å². The molecular formula is C21H24N4O3S. The Kier molecular flexibility index (Phi) is 5.83. The van der Waals surface area contributed by atoms with Crippen LogP contribution in [0.3, 0.4) is 0 Å². The van der Waals surface area contributed by atoms with Gasteiger partial charge in [-0.15, -0.1) is 5.10 Å². The van der Waals surface area contributed by atoms with Crippen molar-refractivity contribution >= 4 is 29.0 Å². The minimum atomic E-state index is -1.00. The van der Waals surface area contributed by atoms with Crippen LogP contribution in [0.1, 0.15) is 54.4 Å². The van der Waals surface area contributed by atoms with Crippen LogP contribution in [0.2, 0.25) is 0 Å². The number of para-hydroxylation sites is 1. The highest BCUT2D eigenvalue weighted by atomic mass is 32.1. The molecular weight excluding hydrogens is 388 g/mol. The summed E-state index contributed by atoms with van der Waals surface area (Å²) in [6, 6.07) is 9.90. The van der Waals surface area contributed by atoms with E-state index in [0.29, 0.717) is 17.2 Å². The highest BCUT2D eigenvalue weighted by molar-refractivity contribution is 7.03. The van der Waals surface area contributed by atoms with Gasteiger partial charge in [-0.25, -0.2) is 0 Å². The maximum absolute atomic E-state index is 13.5. The average Bonchev–Trinajstić information content (AvgIpc) is 3.30. The number of rotatable bonds is 5. The minimum Gasteiger partial charge on any atom is -0.464 e. The lowest BCUT2D eigenvalue weighted by molar-refractivity contribution is -0.124. The fourth-order valence-electron chi connectivity index (χ4n) is 2.99. The Morgan fingerprint density at radius 3 is 2.41 bits per heavy atom. The molecule has 2 aromatic heterocycles. The summed E-state index contributed by atoms with van der Waals surface area (Å²) < 4.78 is 9.61. The highest BCUT2D eigenvalue weighted by Crippen LogP contribution is 2.33. The molecule has 3 aromatic rings. The van der Waals surface area contributed by atoms with E-state index < -0.39 is 17.5 Å². The number of aromatic nitrogens is 2. The Bertz CT molecular complexity index is 1010. The summed E-state index contributed by atoms with van der Waals surface area (Å²) in [5.41, 5.74) is 1.14. The van der Waals surface area contributed by atoms with Crippen LogP contribution in [0.25, 0.3) is 0 Å². The van der Waals surface area contributed by atoms with Crippen LogP contribution in [0.15, 0.2) is 46.2 Å². The lowest BCUT2D eigenvalue weighted by Gasteiger charge is -2.32. The van der Waals surface area contributed by atoms with E-state index in [9.17, 15) is 9.59 Å². The quantitative estimate of drug-likeness (QED) is 0.683. The Hall–Kier alpha value is -3.00. The molecule has 0 fully saturated rings. The number of amides is 2. The summed E-state index contributed by atoms with van der Waals surface area (Å²) in [4.78, 5) is 28.3. The van der Waals surface area contributed by atoms with Crippen molar-refractivity contribution in [3.8, 4) is 0 Å². The zero-order valence-electron chi connectivity index (χ0n) is 17.1. The van der Waals surface area contributed by atoms with Crippen LogP contribution in [0.4, 0.5) is 5.69 Å². The SMILES string of the molecule is Cc1ccc([C@@H](C(=O)NC(C)(C)C)N(C(=O)c2csnn2)c2ccccc2C)o1. The summed E-state index contributed by atoms with van der Waals surface area (Å²) in [6.07, 6.45) is 0. The van der Waals surface area contributed by atoms with Crippen molar-refractivity contribution in [3.63, 3.8) is 0 Å². The summed E-state index contributed by atoms with van der Waals surface area (Å²) in [7, 11) is 0. The van der Waals surface area contributed by atoms with Crippen LogP contribution in [0.5, 0.6) is 0 Å². The number of benzene rings is 1. The van der Waals surface area contributed by atoms with Crippen LogP contribution >= 0.6 is 11.5 Å². The van der Waals surface area contributed by atoms with Gasteiger partial charge < -0.3 is 9.73 Å². The van der Waals surface area contributed by atoms with Gasteiger partial charge in [-0.05, 0) is 69.9 Å². The lowest BCUT2D eigenvalue weighted by atomic mass is 10.0. The number of carbonyl (C=O) groups is 2. The van der Waals surface area contributed by atoms with Gasteiger partial charge >= 0.3 is 0 Å². The molecule has 0 saturated heterocycles. The second-order valence-corrected chi connectivity index (χ2v) is 8.45. The largest absolute Gasteiger partial charge is 0.464 e. The molecule has 2 heterocycles. The van der Waals surface area contributed by atoms with E-state index in [-0.39, 0.29) is 11.6 Å². The first-order chi connectivity index (χ1) is 13.7. The van der Waals surface area contributed by atoms with E-state index in [1.165, 1.54) is 4.90 Å². The van der Waals surface area contributed by atoms with Gasteiger partial charge in [-0.3, -0.25) is 14.5 Å². The van der Waals surface area contributed by atoms with E-state index in [4.69, 9.17) is 4.42 Å². The smallest absolute Gasteiger partial charge is 0.280 e. The van der Waals surface area contributed by atoms with Gasteiger partial charge in [0, 0.05) is 16.6 Å². The Balaban J connectivity index is 2.18. The fourth-order valence-corrected chi connectivity index (χ4v) is 3.42. The molecule has 1 N–H and O–H groups in total. The Morgan fingerprint density at radius 2 is 1.86 bits per heavy atom. The topological polar surface area (TPSA) is 88.3 Å². The summed E-state index contributed by atoms with van der Waals surface area (Å²) in [5.74, 6) is 0.271. The molecule has 8 heteroatoms. The van der Waals surface area contributed by atoms with E-state index in [1.54, 1.807) is 30.5 Å². The normalized spacial score (nSPS) is 12.4. The molecule has 7 nitrogen and oxygen atoms in total. The molecule has 1 aromatic carbocycles. The van der Waals surface area contributed by atoms with E-state index in [1.807, 2.05) is 45.9 Å². The fraction of sp³-hybridized carbons (Fsp3) is 0.333. The van der Waals surface area contributed by atoms with Crippen molar-refractivity contribution in [2.75, 3.05) is 4.90 Å². The zero-order valence-corrected chi connectivity index (χ0v) is 17.9. The van der Waals surface area contributed by atoms with Crippen LogP contribution < -0.4 is 10.2 Å². The molecule has 29 heavy (non-hydrogen) atoms. The van der Waals surface area contributed by atoms with Gasteiger partial charge in [0.2, 0.25) is 0 Å². The summed E-state index contributed by atoms with van der Waals surface area (Å²) in [5, 5.41) is 8.46. The third-order valence-corrected chi connectivity index (χ3v) is 4.71. The molecule has 0 radical (unpaired) electrons. The standard InChI is InChI=1S/C21H24N4O3S/c1-13-8-6-7-9-16(13)25(20(27)15-12-29-24-23-15)18(17-11-10-14(2)28-17)19(26)22-21(3,4)5/h6-12,18H,1-5H3,(H,22,26)/t18-/m0/s1. The van der Waals surface area contributed by atoms with Crippen molar-refractivity contribution in [2.24, 2.45) is 0 Å². The van der Waals surface area contributed by atoms with Crippen molar-refractivity contribution in [1.29, 1.82) is 0 Å². The van der Waals surface area contributed by atoms with Crippen molar-refractivity contribution in [2.45, 2.75) is 46.2 Å². The van der Waals surface area contributed by atoms with Gasteiger partial charge in [-0.1, -0.05) is 22.7 Å². The number of nitrogens with zero attached hydrogens (tertiary/aromatic N) is 3. The molecule has 152 valence electrons. The van der Waals surface area contributed by atoms with Gasteiger partial charge in [0.15, 0.2) is 11.7 Å². The van der Waals surface area contributed by atoms with E-state index >= 15 is 0 Å². The molecule has 3 rings (SSSR count). The van der Waals surface area contributed by atoms with E-state index in [0.717, 1.165) is 17.1 Å². The maximum Gasteiger partial charge on any atom is 0.280 e. The highest BCUT2D eigenvalue weighted by Gasteiger charge is 2.38. The third-order valence-electron chi connectivity index (χ3n) is 4.21. The second kappa shape index (κ2) is 8.16. The molecule has 0 aliphatic rings. The number of furan rings is 1. The summed E-state index contributed by atoms with van der Waals surface area (Å²) in [6.45, 7) is 9.35. The van der Waals surface area contributed by atoms with Gasteiger partial charge in [0.25, 0.3) is 11.8 Å². The Labute approximate surface area is 173 Å². The molecule has 0 aliphatic carbocycles. The van der Waals surface area contributed by atoms with Crippen LogP contribution in [-0.4, -0.2) is 26.9 Å². The molecule has 0 spiro atoms. The number of nitrogens with one attached hydrogen (secondary N) is 1. The van der Waals surface area contributed by atoms with Gasteiger partial charge in [0.05, 0.1) is 0 Å². The molecule has 0 aliphatic heterocycles. The predicted octanol–water partition coefficient (Wildman–Crippen LogP) is 4.05. The van der Waals surface area contributed by atoms with Gasteiger partial charge in [0.1, 0.15) is 11.5 Å². The number of hydrogen-bond acceptors (Lipinski definition) is 6. The number of aryl methyl sites for hydroxylation is 2. The monoisotopic (exact) mass is 412 g/mol. The molecule has 0 saturated carbocycles. The average molecular weight is 413 g/mol. The lowest BCUT2D eigenvalue weighted by Crippen LogP contribution is -2.49. The molecule has 2 amide bonds. The molecule has 1 atom stereocenters. The number of carbonyl (C=O) groups excluding carboxylic acids is 2.